The molecule has 19 heavy (non-hydrogen) atoms. The summed E-state index contributed by atoms with van der Waals surface area (Å²) in [7, 11) is 0. The summed E-state index contributed by atoms with van der Waals surface area (Å²) in [6.45, 7) is 0. The summed E-state index contributed by atoms with van der Waals surface area (Å²) in [4.78, 5) is 13.8. The molecule has 0 radical (unpaired) electrons. The maximum absolute atomic E-state index is 10.8. The largest absolute Gasteiger partial charge is 0.336 e. The Morgan fingerprint density at radius 3 is 1.95 bits per heavy atom. The highest BCUT2D eigenvalue weighted by molar-refractivity contribution is 5.83. The minimum absolute atomic E-state index is 0.345. The van der Waals surface area contributed by atoms with E-state index in [-0.39, 0.29) is 0 Å². The smallest absolute Gasteiger partial charge is 0.175 e. The average molecular weight is 248 g/mol. The van der Waals surface area contributed by atoms with Crippen molar-refractivity contribution in [3.63, 3.8) is 0 Å². The first-order valence-electron chi connectivity index (χ1n) is 6.05. The Bertz CT molecular complexity index is 630. The molecule has 1 N–H and O–H groups in total. The van der Waals surface area contributed by atoms with E-state index in [1.165, 1.54) is 0 Å². The Hall–Kier alpha value is -2.68. The van der Waals surface area contributed by atoms with Gasteiger partial charge in [0.15, 0.2) is 5.82 Å². The monoisotopic (exact) mass is 248 g/mol. The van der Waals surface area contributed by atoms with Crippen molar-refractivity contribution in [3.05, 3.63) is 71.6 Å². The van der Waals surface area contributed by atoms with E-state index in [0.29, 0.717) is 5.82 Å². The summed E-state index contributed by atoms with van der Waals surface area (Å²) >= 11 is 0. The van der Waals surface area contributed by atoms with Gasteiger partial charge in [0.25, 0.3) is 0 Å². The fourth-order valence-electron chi connectivity index (χ4n) is 2.17. The first-order valence-corrected chi connectivity index (χ1v) is 6.05. The Balaban J connectivity index is 2.19. The van der Waals surface area contributed by atoms with Crippen LogP contribution in [0.3, 0.4) is 0 Å². The quantitative estimate of drug-likeness (QED) is 0.668. The van der Waals surface area contributed by atoms with Gasteiger partial charge >= 0.3 is 0 Å². The van der Waals surface area contributed by atoms with Crippen LogP contribution in [0.25, 0.3) is 22.4 Å². The maximum atomic E-state index is 10.8. The number of aromatic nitrogens is 1. The van der Waals surface area contributed by atoms with Crippen LogP contribution < -0.4 is 0 Å². The number of benzene rings is 2. The van der Waals surface area contributed by atoms with Crippen molar-refractivity contribution in [2.45, 2.75) is 0 Å². The zero-order valence-electron chi connectivity index (χ0n) is 10.2. The van der Waals surface area contributed by atoms with Crippen molar-refractivity contribution < 1.29 is 0 Å². The van der Waals surface area contributed by atoms with E-state index in [2.05, 4.69) is 10.2 Å². The lowest BCUT2D eigenvalue weighted by atomic mass is 10.0. The summed E-state index contributed by atoms with van der Waals surface area (Å²) < 4.78 is 0. The molecule has 3 heteroatoms. The van der Waals surface area contributed by atoms with E-state index >= 15 is 0 Å². The van der Waals surface area contributed by atoms with Crippen molar-refractivity contribution in [3.8, 4) is 22.4 Å². The van der Waals surface area contributed by atoms with Crippen LogP contribution in [0.15, 0.2) is 71.9 Å². The first kappa shape index (κ1) is 11.4. The number of aromatic amines is 1. The Morgan fingerprint density at radius 2 is 1.37 bits per heavy atom. The summed E-state index contributed by atoms with van der Waals surface area (Å²) in [5.41, 5.74) is 4.01. The van der Waals surface area contributed by atoms with Gasteiger partial charge in [-0.1, -0.05) is 60.7 Å². The van der Waals surface area contributed by atoms with Crippen molar-refractivity contribution in [2.75, 3.05) is 0 Å². The average Bonchev–Trinajstić information content (AvgIpc) is 2.93. The Morgan fingerprint density at radius 1 is 0.789 bits per heavy atom. The van der Waals surface area contributed by atoms with Crippen LogP contribution in [0.4, 0.5) is 5.82 Å². The number of nitrogens with zero attached hydrogens (tertiary/aromatic N) is 1. The number of H-pyrrole nitrogens is 1. The molecular weight excluding hydrogens is 236 g/mol. The number of rotatable bonds is 3. The number of nitrogens with one attached hydrogen (secondary N) is 1. The molecule has 2 aromatic carbocycles. The van der Waals surface area contributed by atoms with Gasteiger partial charge in [-0.05, 0) is 22.4 Å². The molecule has 0 bridgehead atoms. The molecule has 1 heterocycles. The molecule has 0 atom stereocenters. The van der Waals surface area contributed by atoms with Crippen molar-refractivity contribution >= 4 is 5.82 Å². The van der Waals surface area contributed by atoms with Crippen LogP contribution in [0.2, 0.25) is 0 Å². The lowest BCUT2D eigenvalue weighted by Crippen LogP contribution is -1.81. The molecule has 0 saturated heterocycles. The summed E-state index contributed by atoms with van der Waals surface area (Å²) in [5.74, 6) is 0.345. The zero-order valence-corrected chi connectivity index (χ0v) is 10.2. The summed E-state index contributed by atoms with van der Waals surface area (Å²) in [6, 6.07) is 21.7. The second-order valence-corrected chi connectivity index (χ2v) is 4.27. The molecule has 0 aliphatic heterocycles. The van der Waals surface area contributed by atoms with Gasteiger partial charge in [-0.3, -0.25) is 0 Å². The van der Waals surface area contributed by atoms with Gasteiger partial charge in [0.1, 0.15) is 0 Å². The van der Waals surface area contributed by atoms with Crippen LogP contribution in [-0.2, 0) is 0 Å². The summed E-state index contributed by atoms with van der Waals surface area (Å²) in [6.07, 6.45) is 0. The van der Waals surface area contributed by atoms with Crippen molar-refractivity contribution in [1.82, 2.24) is 4.98 Å². The highest BCUT2D eigenvalue weighted by Gasteiger charge is 2.11. The first-order chi connectivity index (χ1) is 9.38. The van der Waals surface area contributed by atoms with Crippen molar-refractivity contribution in [1.29, 1.82) is 0 Å². The molecule has 3 aromatic rings. The van der Waals surface area contributed by atoms with Crippen LogP contribution in [-0.4, -0.2) is 4.98 Å². The van der Waals surface area contributed by atoms with Crippen LogP contribution in [0, 0.1) is 4.91 Å². The molecule has 1 aromatic heterocycles. The molecule has 0 fully saturated rings. The molecule has 92 valence electrons. The van der Waals surface area contributed by atoms with Gasteiger partial charge in [0.05, 0.1) is 5.69 Å². The van der Waals surface area contributed by atoms with Gasteiger partial charge in [-0.15, -0.1) is 4.91 Å². The third-order valence-corrected chi connectivity index (χ3v) is 3.05. The normalized spacial score (nSPS) is 10.3. The van der Waals surface area contributed by atoms with E-state index in [1.54, 1.807) is 6.07 Å². The van der Waals surface area contributed by atoms with Gasteiger partial charge in [0.2, 0.25) is 0 Å². The molecule has 0 aliphatic rings. The van der Waals surface area contributed by atoms with Crippen LogP contribution >= 0.6 is 0 Å². The van der Waals surface area contributed by atoms with Gasteiger partial charge in [-0.2, -0.15) is 0 Å². The minimum Gasteiger partial charge on any atom is -0.336 e. The predicted octanol–water partition coefficient (Wildman–Crippen LogP) is 4.75. The van der Waals surface area contributed by atoms with E-state index in [0.717, 1.165) is 22.4 Å². The molecule has 0 spiro atoms. The van der Waals surface area contributed by atoms with Crippen molar-refractivity contribution in [2.24, 2.45) is 5.18 Å². The second-order valence-electron chi connectivity index (χ2n) is 4.27. The van der Waals surface area contributed by atoms with E-state index in [4.69, 9.17) is 0 Å². The second kappa shape index (κ2) is 4.90. The topological polar surface area (TPSA) is 45.2 Å². The van der Waals surface area contributed by atoms with Gasteiger partial charge in [0, 0.05) is 5.56 Å². The fourth-order valence-corrected chi connectivity index (χ4v) is 2.17. The molecule has 0 unspecified atom stereocenters. The standard InChI is InChI=1S/C16H12N2O/c19-18-15-11-14(12-7-3-1-4-8-12)16(17-15)13-9-5-2-6-10-13/h1-11,17H. The molecule has 0 amide bonds. The zero-order chi connectivity index (χ0) is 13.1. The number of hydrogen-bond donors (Lipinski definition) is 1. The van der Waals surface area contributed by atoms with Crippen LogP contribution in [0.5, 0.6) is 0 Å². The molecule has 3 rings (SSSR count). The van der Waals surface area contributed by atoms with Gasteiger partial charge < -0.3 is 4.98 Å². The highest BCUT2D eigenvalue weighted by Crippen LogP contribution is 2.34. The minimum atomic E-state index is 0.345. The fraction of sp³-hybridized carbons (Fsp3) is 0. The molecule has 0 saturated carbocycles. The maximum Gasteiger partial charge on any atom is 0.175 e. The third kappa shape index (κ3) is 2.18. The third-order valence-electron chi connectivity index (χ3n) is 3.05. The van der Waals surface area contributed by atoms with Crippen LogP contribution in [0.1, 0.15) is 0 Å². The number of nitroso groups, excluding NO2 is 1. The van der Waals surface area contributed by atoms with E-state index < -0.39 is 0 Å². The van der Waals surface area contributed by atoms with E-state index in [1.807, 2.05) is 60.7 Å². The van der Waals surface area contributed by atoms with E-state index in [9.17, 15) is 4.91 Å². The number of hydrogen-bond acceptors (Lipinski definition) is 2. The Kier molecular flexibility index (Phi) is 2.94. The lowest BCUT2D eigenvalue weighted by Gasteiger charge is -2.04. The molecule has 0 aliphatic carbocycles. The molecule has 3 nitrogen and oxygen atoms in total. The SMILES string of the molecule is O=Nc1cc(-c2ccccc2)c(-c2ccccc2)[nH]1. The predicted molar refractivity (Wildman–Crippen MR) is 77.1 cm³/mol. The van der Waals surface area contributed by atoms with Gasteiger partial charge in [-0.25, -0.2) is 0 Å². The highest BCUT2D eigenvalue weighted by atomic mass is 16.3. The molecular formula is C16H12N2O. The Labute approximate surface area is 110 Å². The summed E-state index contributed by atoms with van der Waals surface area (Å²) in [5, 5.41) is 3.00. The lowest BCUT2D eigenvalue weighted by molar-refractivity contribution is 1.32.